The first-order chi connectivity index (χ1) is 9.54. The molecule has 1 unspecified atom stereocenters. The molecule has 5 heteroatoms. The first-order valence-corrected chi connectivity index (χ1v) is 6.93. The largest absolute Gasteiger partial charge is 0.480 e. The van der Waals surface area contributed by atoms with Gasteiger partial charge in [-0.25, -0.2) is 9.59 Å². The van der Waals surface area contributed by atoms with Crippen LogP contribution in [0.1, 0.15) is 30.9 Å². The van der Waals surface area contributed by atoms with Crippen molar-refractivity contribution in [2.24, 2.45) is 0 Å². The third-order valence-electron chi connectivity index (χ3n) is 3.77. The molecule has 1 saturated heterocycles. The lowest BCUT2D eigenvalue weighted by atomic mass is 10.1. The van der Waals surface area contributed by atoms with Gasteiger partial charge in [-0.1, -0.05) is 25.1 Å². The predicted octanol–water partition coefficient (Wildman–Crippen LogP) is 2.64. The summed E-state index contributed by atoms with van der Waals surface area (Å²) in [5.74, 6) is -0.932. The Morgan fingerprint density at radius 1 is 1.45 bits per heavy atom. The van der Waals surface area contributed by atoms with E-state index in [-0.39, 0.29) is 6.03 Å². The Kier molecular flexibility index (Phi) is 4.27. The summed E-state index contributed by atoms with van der Waals surface area (Å²) in [5.41, 5.74) is 2.85. The summed E-state index contributed by atoms with van der Waals surface area (Å²) in [6, 6.07) is 4.84. The van der Waals surface area contributed by atoms with Gasteiger partial charge in [0.1, 0.15) is 6.04 Å². The summed E-state index contributed by atoms with van der Waals surface area (Å²) < 4.78 is 0. The van der Waals surface area contributed by atoms with Crippen LogP contribution in [-0.4, -0.2) is 34.6 Å². The number of amides is 2. The van der Waals surface area contributed by atoms with E-state index in [1.165, 1.54) is 4.90 Å². The average molecular weight is 276 g/mol. The summed E-state index contributed by atoms with van der Waals surface area (Å²) in [6.45, 7) is 4.46. The minimum atomic E-state index is -0.932. The molecular formula is C15H20N2O3. The fourth-order valence-corrected chi connectivity index (χ4v) is 2.65. The van der Waals surface area contributed by atoms with Crippen molar-refractivity contribution in [1.82, 2.24) is 4.90 Å². The van der Waals surface area contributed by atoms with Crippen LogP contribution in [0.4, 0.5) is 10.5 Å². The Bertz CT molecular complexity index is 528. The standard InChI is InChI=1S/C15H20N2O3/c1-3-11-7-4-6-10(2)13(11)16-15(20)17-9-5-8-12(17)14(18)19/h4,6-7,12H,3,5,8-9H2,1-2H3,(H,16,20)(H,18,19). The molecule has 0 radical (unpaired) electrons. The van der Waals surface area contributed by atoms with Crippen molar-refractivity contribution < 1.29 is 14.7 Å². The van der Waals surface area contributed by atoms with Crippen molar-refractivity contribution in [3.05, 3.63) is 29.3 Å². The highest BCUT2D eigenvalue weighted by molar-refractivity contribution is 5.94. The van der Waals surface area contributed by atoms with E-state index in [1.54, 1.807) is 0 Å². The molecule has 1 fully saturated rings. The first-order valence-electron chi connectivity index (χ1n) is 6.93. The maximum Gasteiger partial charge on any atom is 0.326 e. The minimum absolute atomic E-state index is 0.320. The van der Waals surface area contributed by atoms with Gasteiger partial charge in [0.15, 0.2) is 0 Å². The third kappa shape index (κ3) is 2.76. The van der Waals surface area contributed by atoms with Crippen LogP contribution in [0.2, 0.25) is 0 Å². The van der Waals surface area contributed by atoms with Gasteiger partial charge in [-0.05, 0) is 37.3 Å². The van der Waals surface area contributed by atoms with E-state index in [0.29, 0.717) is 13.0 Å². The van der Waals surface area contributed by atoms with Crippen LogP contribution in [0.15, 0.2) is 18.2 Å². The number of carboxylic acid groups (broad SMARTS) is 1. The smallest absolute Gasteiger partial charge is 0.326 e. The zero-order valence-corrected chi connectivity index (χ0v) is 11.8. The molecule has 1 aliphatic heterocycles. The fourth-order valence-electron chi connectivity index (χ4n) is 2.65. The van der Waals surface area contributed by atoms with E-state index in [2.05, 4.69) is 5.32 Å². The second kappa shape index (κ2) is 5.94. The number of anilines is 1. The maximum atomic E-state index is 12.3. The number of benzene rings is 1. The molecule has 0 bridgehead atoms. The van der Waals surface area contributed by atoms with Crippen LogP contribution in [0.3, 0.4) is 0 Å². The van der Waals surface area contributed by atoms with Crippen molar-refractivity contribution in [3.63, 3.8) is 0 Å². The number of aliphatic carboxylic acids is 1. The summed E-state index contributed by atoms with van der Waals surface area (Å²) >= 11 is 0. The molecule has 0 aromatic heterocycles. The average Bonchev–Trinajstić information content (AvgIpc) is 2.90. The molecule has 0 aliphatic carbocycles. The fraction of sp³-hybridized carbons (Fsp3) is 0.467. The highest BCUT2D eigenvalue weighted by atomic mass is 16.4. The lowest BCUT2D eigenvalue weighted by Crippen LogP contribution is -2.43. The second-order valence-electron chi connectivity index (χ2n) is 5.08. The topological polar surface area (TPSA) is 69.6 Å². The number of carbonyl (C=O) groups excluding carboxylic acids is 1. The normalized spacial score (nSPS) is 18.1. The minimum Gasteiger partial charge on any atom is -0.480 e. The number of hydrogen-bond acceptors (Lipinski definition) is 2. The number of rotatable bonds is 3. The monoisotopic (exact) mass is 276 g/mol. The van der Waals surface area contributed by atoms with Crippen molar-refractivity contribution in [2.45, 2.75) is 39.2 Å². The Labute approximate surface area is 118 Å². The van der Waals surface area contributed by atoms with Crippen LogP contribution in [0.25, 0.3) is 0 Å². The quantitative estimate of drug-likeness (QED) is 0.891. The van der Waals surface area contributed by atoms with Crippen molar-refractivity contribution in [1.29, 1.82) is 0 Å². The van der Waals surface area contributed by atoms with Gasteiger partial charge in [0.25, 0.3) is 0 Å². The van der Waals surface area contributed by atoms with Crippen LogP contribution < -0.4 is 5.32 Å². The number of para-hydroxylation sites is 1. The van der Waals surface area contributed by atoms with Gasteiger partial charge >= 0.3 is 12.0 Å². The van der Waals surface area contributed by atoms with Gasteiger partial charge < -0.3 is 15.3 Å². The predicted molar refractivity (Wildman–Crippen MR) is 76.9 cm³/mol. The summed E-state index contributed by atoms with van der Waals surface area (Å²) in [4.78, 5) is 24.8. The maximum absolute atomic E-state index is 12.3. The Morgan fingerprint density at radius 3 is 2.85 bits per heavy atom. The van der Waals surface area contributed by atoms with E-state index in [0.717, 1.165) is 29.7 Å². The molecule has 1 aromatic rings. The van der Waals surface area contributed by atoms with Gasteiger partial charge in [-0.15, -0.1) is 0 Å². The molecule has 108 valence electrons. The van der Waals surface area contributed by atoms with Gasteiger partial charge in [0.2, 0.25) is 0 Å². The number of urea groups is 1. The van der Waals surface area contributed by atoms with Gasteiger partial charge in [0, 0.05) is 12.2 Å². The van der Waals surface area contributed by atoms with Crippen molar-refractivity contribution in [3.8, 4) is 0 Å². The van der Waals surface area contributed by atoms with E-state index >= 15 is 0 Å². The molecule has 0 saturated carbocycles. The molecule has 2 rings (SSSR count). The molecule has 0 spiro atoms. The van der Waals surface area contributed by atoms with E-state index in [4.69, 9.17) is 5.11 Å². The number of carbonyl (C=O) groups is 2. The number of likely N-dealkylation sites (tertiary alicyclic amines) is 1. The molecule has 1 atom stereocenters. The molecule has 1 aliphatic rings. The Balaban J connectivity index is 2.18. The number of aryl methyl sites for hydroxylation is 2. The molecule has 2 N–H and O–H groups in total. The Morgan fingerprint density at radius 2 is 2.20 bits per heavy atom. The van der Waals surface area contributed by atoms with Gasteiger partial charge in [-0.2, -0.15) is 0 Å². The zero-order valence-electron chi connectivity index (χ0n) is 11.8. The van der Waals surface area contributed by atoms with Crippen molar-refractivity contribution >= 4 is 17.7 Å². The first kappa shape index (κ1) is 14.4. The van der Waals surface area contributed by atoms with E-state index in [1.807, 2.05) is 32.0 Å². The van der Waals surface area contributed by atoms with Crippen LogP contribution in [0, 0.1) is 6.92 Å². The summed E-state index contributed by atoms with van der Waals surface area (Å²) in [5, 5.41) is 12.0. The molecule has 2 amide bonds. The van der Waals surface area contributed by atoms with E-state index in [9.17, 15) is 9.59 Å². The summed E-state index contributed by atoms with van der Waals surface area (Å²) in [6.07, 6.45) is 2.08. The number of nitrogens with one attached hydrogen (secondary N) is 1. The molecule has 1 aromatic carbocycles. The number of carboxylic acids is 1. The van der Waals surface area contributed by atoms with Crippen LogP contribution in [0.5, 0.6) is 0 Å². The SMILES string of the molecule is CCc1cccc(C)c1NC(=O)N1CCCC1C(=O)O. The summed E-state index contributed by atoms with van der Waals surface area (Å²) in [7, 11) is 0. The molecule has 5 nitrogen and oxygen atoms in total. The number of nitrogens with zero attached hydrogens (tertiary/aromatic N) is 1. The highest BCUT2D eigenvalue weighted by Gasteiger charge is 2.34. The van der Waals surface area contributed by atoms with Gasteiger partial charge in [-0.3, -0.25) is 0 Å². The van der Waals surface area contributed by atoms with Crippen molar-refractivity contribution in [2.75, 3.05) is 11.9 Å². The lowest BCUT2D eigenvalue weighted by molar-refractivity contribution is -0.141. The van der Waals surface area contributed by atoms with E-state index < -0.39 is 12.0 Å². The molecular weight excluding hydrogens is 256 g/mol. The lowest BCUT2D eigenvalue weighted by Gasteiger charge is -2.23. The van der Waals surface area contributed by atoms with Crippen LogP contribution >= 0.6 is 0 Å². The van der Waals surface area contributed by atoms with Crippen LogP contribution in [-0.2, 0) is 11.2 Å². The third-order valence-corrected chi connectivity index (χ3v) is 3.77. The number of hydrogen-bond donors (Lipinski definition) is 2. The second-order valence-corrected chi connectivity index (χ2v) is 5.08. The zero-order chi connectivity index (χ0) is 14.7. The highest BCUT2D eigenvalue weighted by Crippen LogP contribution is 2.24. The Hall–Kier alpha value is -2.04. The molecule has 20 heavy (non-hydrogen) atoms. The molecule has 1 heterocycles. The van der Waals surface area contributed by atoms with Gasteiger partial charge in [0.05, 0.1) is 0 Å².